The molecule has 0 unspecified atom stereocenters. The van der Waals surface area contributed by atoms with Crippen LogP contribution in [0.5, 0.6) is 5.19 Å². The molecule has 0 bridgehead atoms. The predicted octanol–water partition coefficient (Wildman–Crippen LogP) is 3.64. The minimum Gasteiger partial charge on any atom is -0.472 e. The largest absolute Gasteiger partial charge is 0.472 e. The van der Waals surface area contributed by atoms with Crippen LogP contribution in [0.2, 0.25) is 0 Å². The summed E-state index contributed by atoms with van der Waals surface area (Å²) < 4.78 is 42.5. The van der Waals surface area contributed by atoms with E-state index in [-0.39, 0.29) is 19.0 Å². The molecule has 0 aliphatic rings. The number of rotatable bonds is 3. The first-order valence-corrected chi connectivity index (χ1v) is 7.29. The third-order valence-electron chi connectivity index (χ3n) is 2.02. The summed E-state index contributed by atoms with van der Waals surface area (Å²) in [5, 5.41) is 9.94. The molecule has 20 heavy (non-hydrogen) atoms. The minimum atomic E-state index is -4.51. The summed E-state index contributed by atoms with van der Waals surface area (Å²) >= 11 is 4.45. The lowest BCUT2D eigenvalue weighted by Gasteiger charge is -2.02. The molecule has 0 fully saturated rings. The zero-order valence-corrected chi connectivity index (χ0v) is 12.8. The molecule has 0 aliphatic carbocycles. The van der Waals surface area contributed by atoms with Gasteiger partial charge in [0.25, 0.3) is 11.1 Å². The van der Waals surface area contributed by atoms with E-state index in [1.54, 1.807) is 0 Å². The molecule has 0 saturated heterocycles. The molecule has 0 aliphatic heterocycles. The third-order valence-corrected chi connectivity index (χ3v) is 4.65. The lowest BCUT2D eigenvalue weighted by molar-refractivity contribution is -0.137. The Balaban J connectivity index is 2.17. The van der Waals surface area contributed by atoms with E-state index >= 15 is 0 Å². The van der Waals surface area contributed by atoms with Crippen LogP contribution in [0, 0.1) is 0 Å². The number of hydrogen-bond donors (Lipinski definition) is 1. The van der Waals surface area contributed by atoms with E-state index in [2.05, 4.69) is 31.4 Å². The maximum atomic E-state index is 12.6. The first kappa shape index (κ1) is 15.2. The maximum absolute atomic E-state index is 12.6. The van der Waals surface area contributed by atoms with Crippen LogP contribution in [-0.2, 0) is 6.18 Å². The van der Waals surface area contributed by atoms with Crippen molar-refractivity contribution in [3.63, 3.8) is 0 Å². The van der Waals surface area contributed by atoms with Crippen LogP contribution in [0.15, 0.2) is 9.85 Å². The fraction of sp³-hybridized carbons (Fsp3) is 0.222. The fourth-order valence-corrected chi connectivity index (χ4v) is 3.39. The van der Waals surface area contributed by atoms with Crippen LogP contribution in [0.4, 0.5) is 18.3 Å². The van der Waals surface area contributed by atoms with Gasteiger partial charge in [0.2, 0.25) is 5.13 Å². The molecule has 108 valence electrons. The van der Waals surface area contributed by atoms with Crippen molar-refractivity contribution in [1.29, 1.82) is 0 Å². The minimum absolute atomic E-state index is 0.0848. The number of hydrogen-bond acceptors (Lipinski definition) is 6. The molecule has 2 aromatic rings. The number of halogens is 4. The number of alkyl halides is 3. The highest BCUT2D eigenvalue weighted by molar-refractivity contribution is 9.11. The molecule has 2 heterocycles. The second-order valence-corrected chi connectivity index (χ2v) is 6.64. The summed E-state index contributed by atoms with van der Waals surface area (Å²) in [4.78, 5) is 11.7. The highest BCUT2D eigenvalue weighted by Crippen LogP contribution is 2.40. The SMILES string of the molecule is COc1nnc(NC(=O)c2cc(C(F)(F)F)c(Br)s2)s1. The second-order valence-electron chi connectivity index (χ2n) is 3.33. The van der Waals surface area contributed by atoms with E-state index in [1.807, 2.05) is 0 Å². The first-order chi connectivity index (χ1) is 9.31. The molecule has 5 nitrogen and oxygen atoms in total. The summed E-state index contributed by atoms with van der Waals surface area (Å²) in [5.41, 5.74) is -0.887. The van der Waals surface area contributed by atoms with Crippen molar-refractivity contribution in [1.82, 2.24) is 10.2 Å². The van der Waals surface area contributed by atoms with Crippen molar-refractivity contribution in [2.75, 3.05) is 12.4 Å². The van der Waals surface area contributed by atoms with E-state index in [1.165, 1.54) is 7.11 Å². The van der Waals surface area contributed by atoms with Crippen LogP contribution >= 0.6 is 38.6 Å². The second kappa shape index (κ2) is 5.66. The number of thiophene rings is 1. The zero-order valence-electron chi connectivity index (χ0n) is 9.62. The average Bonchev–Trinajstić information content (AvgIpc) is 2.94. The van der Waals surface area contributed by atoms with Gasteiger partial charge < -0.3 is 4.74 Å². The topological polar surface area (TPSA) is 64.1 Å². The Bertz CT molecular complexity index is 641. The normalized spacial score (nSPS) is 11.4. The van der Waals surface area contributed by atoms with Gasteiger partial charge in [0.15, 0.2) is 0 Å². The Morgan fingerprint density at radius 3 is 2.60 bits per heavy atom. The van der Waals surface area contributed by atoms with Gasteiger partial charge in [-0.3, -0.25) is 10.1 Å². The number of anilines is 1. The number of methoxy groups -OCH3 is 1. The Morgan fingerprint density at radius 1 is 1.40 bits per heavy atom. The van der Waals surface area contributed by atoms with Gasteiger partial charge in [-0.15, -0.1) is 16.4 Å². The van der Waals surface area contributed by atoms with E-state index in [9.17, 15) is 18.0 Å². The van der Waals surface area contributed by atoms with Crippen LogP contribution in [0.3, 0.4) is 0 Å². The van der Waals surface area contributed by atoms with Gasteiger partial charge in [-0.25, -0.2) is 0 Å². The van der Waals surface area contributed by atoms with Crippen LogP contribution in [0.25, 0.3) is 0 Å². The summed E-state index contributed by atoms with van der Waals surface area (Å²) in [5.74, 6) is -0.690. The number of carbonyl (C=O) groups excluding carboxylic acids is 1. The molecule has 1 N–H and O–H groups in total. The van der Waals surface area contributed by atoms with Gasteiger partial charge in [0, 0.05) is 0 Å². The van der Waals surface area contributed by atoms with Crippen LogP contribution in [0.1, 0.15) is 15.2 Å². The van der Waals surface area contributed by atoms with Crippen molar-refractivity contribution in [2.45, 2.75) is 6.18 Å². The van der Waals surface area contributed by atoms with Gasteiger partial charge in [0.1, 0.15) is 0 Å². The lowest BCUT2D eigenvalue weighted by Crippen LogP contribution is -2.10. The summed E-state index contributed by atoms with van der Waals surface area (Å²) in [6.07, 6.45) is -4.51. The number of amides is 1. The van der Waals surface area contributed by atoms with Crippen molar-refractivity contribution in [3.8, 4) is 5.19 Å². The van der Waals surface area contributed by atoms with Crippen LogP contribution < -0.4 is 10.1 Å². The van der Waals surface area contributed by atoms with Crippen molar-refractivity contribution in [3.05, 3.63) is 20.3 Å². The fourth-order valence-electron chi connectivity index (χ4n) is 1.18. The number of carbonyl (C=O) groups is 1. The number of aromatic nitrogens is 2. The van der Waals surface area contributed by atoms with Crippen molar-refractivity contribution < 1.29 is 22.7 Å². The summed E-state index contributed by atoms with van der Waals surface area (Å²) in [6, 6.07) is 0.780. The van der Waals surface area contributed by atoms with E-state index < -0.39 is 17.6 Å². The quantitative estimate of drug-likeness (QED) is 0.872. The molecule has 0 saturated carbocycles. The smallest absolute Gasteiger partial charge is 0.418 e. The van der Waals surface area contributed by atoms with Gasteiger partial charge in [-0.2, -0.15) is 13.2 Å². The van der Waals surface area contributed by atoms with Gasteiger partial charge in [0.05, 0.1) is 21.3 Å². The molecule has 0 radical (unpaired) electrons. The third kappa shape index (κ3) is 3.27. The number of nitrogens with one attached hydrogen (secondary N) is 1. The predicted molar refractivity (Wildman–Crippen MR) is 71.4 cm³/mol. The van der Waals surface area contributed by atoms with E-state index in [4.69, 9.17) is 4.74 Å². The number of ether oxygens (including phenoxy) is 1. The molecule has 0 atom stereocenters. The standard InChI is InChI=1S/C9H5BrF3N3O2S2/c1-18-8-16-15-7(20-8)14-6(17)4-2-3(5(10)19-4)9(11,12)13/h2H,1H3,(H,14,15,17). The Labute approximate surface area is 126 Å². The van der Waals surface area contributed by atoms with Crippen molar-refractivity contribution >= 4 is 49.6 Å². The Kier molecular flexibility index (Phi) is 4.30. The van der Waals surface area contributed by atoms with Crippen LogP contribution in [-0.4, -0.2) is 23.2 Å². The molecule has 0 aromatic carbocycles. The maximum Gasteiger partial charge on any atom is 0.418 e. The molecule has 1 amide bonds. The lowest BCUT2D eigenvalue weighted by atomic mass is 10.3. The van der Waals surface area contributed by atoms with E-state index in [0.29, 0.717) is 11.3 Å². The highest BCUT2D eigenvalue weighted by atomic mass is 79.9. The molecule has 2 rings (SSSR count). The van der Waals surface area contributed by atoms with Gasteiger partial charge in [-0.05, 0) is 33.3 Å². The monoisotopic (exact) mass is 387 g/mol. The van der Waals surface area contributed by atoms with E-state index in [0.717, 1.165) is 17.4 Å². The molecule has 11 heteroatoms. The molecule has 0 spiro atoms. The zero-order chi connectivity index (χ0) is 14.9. The summed E-state index contributed by atoms with van der Waals surface area (Å²) in [7, 11) is 1.39. The molecular weight excluding hydrogens is 383 g/mol. The van der Waals surface area contributed by atoms with Gasteiger partial charge in [-0.1, -0.05) is 5.10 Å². The first-order valence-electron chi connectivity index (χ1n) is 4.86. The summed E-state index contributed by atoms with van der Waals surface area (Å²) in [6.45, 7) is 0. The highest BCUT2D eigenvalue weighted by Gasteiger charge is 2.35. The van der Waals surface area contributed by atoms with Gasteiger partial charge >= 0.3 is 6.18 Å². The Hall–Kier alpha value is -1.20. The Morgan fingerprint density at radius 2 is 2.10 bits per heavy atom. The average molecular weight is 388 g/mol. The van der Waals surface area contributed by atoms with Crippen molar-refractivity contribution in [2.24, 2.45) is 0 Å². The molecular formula is C9H5BrF3N3O2S2. The molecule has 2 aromatic heterocycles. The number of nitrogens with zero attached hydrogens (tertiary/aromatic N) is 2.